The quantitative estimate of drug-likeness (QED) is 0.476. The second-order valence-electron chi connectivity index (χ2n) is 4.99. The maximum Gasteiger partial charge on any atom is 0.308 e. The molecule has 0 N–H and O–H groups in total. The fraction of sp³-hybridized carbons (Fsp3) is 0.158. The summed E-state index contributed by atoms with van der Waals surface area (Å²) in [7, 11) is 1.55. The minimum absolute atomic E-state index is 0.351. The van der Waals surface area contributed by atoms with Crippen molar-refractivity contribution in [2.45, 2.75) is 13.8 Å². The number of rotatable bonds is 5. The van der Waals surface area contributed by atoms with Crippen molar-refractivity contribution in [2.75, 3.05) is 7.11 Å². The summed E-state index contributed by atoms with van der Waals surface area (Å²) in [6, 6.07) is 12.3. The average molecular weight is 326 g/mol. The fourth-order valence-corrected chi connectivity index (χ4v) is 2.06. The molecule has 2 aromatic carbocycles. The summed E-state index contributed by atoms with van der Waals surface area (Å²) in [4.78, 5) is 21.9. The van der Waals surface area contributed by atoms with Crippen molar-refractivity contribution in [2.24, 2.45) is 0 Å². The van der Waals surface area contributed by atoms with Gasteiger partial charge < -0.3 is 14.2 Å². The summed E-state index contributed by atoms with van der Waals surface area (Å²) in [6.07, 6.45) is 3.79. The van der Waals surface area contributed by atoms with Gasteiger partial charge in [-0.15, -0.1) is 0 Å². The van der Waals surface area contributed by atoms with E-state index in [1.54, 1.807) is 37.4 Å². The van der Waals surface area contributed by atoms with Gasteiger partial charge in [0.25, 0.3) is 0 Å². The normalized spacial score (nSPS) is 10.5. The van der Waals surface area contributed by atoms with Crippen molar-refractivity contribution < 1.29 is 23.8 Å². The lowest BCUT2D eigenvalue weighted by Gasteiger charge is -2.08. The van der Waals surface area contributed by atoms with E-state index in [1.807, 2.05) is 24.3 Å². The van der Waals surface area contributed by atoms with Crippen LogP contribution in [0.3, 0.4) is 0 Å². The lowest BCUT2D eigenvalue weighted by molar-refractivity contribution is -0.132. The number of carbonyl (C=O) groups is 2. The van der Waals surface area contributed by atoms with Crippen LogP contribution in [0.25, 0.3) is 12.2 Å². The van der Waals surface area contributed by atoms with Gasteiger partial charge in [0.05, 0.1) is 7.11 Å². The third-order valence-electron chi connectivity index (χ3n) is 3.06. The second kappa shape index (κ2) is 7.97. The number of benzene rings is 2. The van der Waals surface area contributed by atoms with Crippen LogP contribution < -0.4 is 14.2 Å². The van der Waals surface area contributed by atoms with Gasteiger partial charge in [0.15, 0.2) is 0 Å². The third kappa shape index (κ3) is 4.98. The van der Waals surface area contributed by atoms with Crippen molar-refractivity contribution >= 4 is 24.1 Å². The molecule has 0 saturated carbocycles. The van der Waals surface area contributed by atoms with E-state index in [1.165, 1.54) is 13.8 Å². The highest BCUT2D eigenvalue weighted by molar-refractivity contribution is 5.75. The van der Waals surface area contributed by atoms with Crippen LogP contribution in [-0.2, 0) is 9.59 Å². The Labute approximate surface area is 140 Å². The maximum absolute atomic E-state index is 11.0. The summed E-state index contributed by atoms with van der Waals surface area (Å²) in [5.74, 6) is 0.802. The molecular formula is C19H18O5. The molecule has 5 nitrogen and oxygen atoms in total. The van der Waals surface area contributed by atoms with Crippen LogP contribution in [0.2, 0.25) is 0 Å². The van der Waals surface area contributed by atoms with Gasteiger partial charge in [-0.05, 0) is 29.8 Å². The first-order valence-corrected chi connectivity index (χ1v) is 7.31. The van der Waals surface area contributed by atoms with E-state index < -0.39 is 0 Å². The molecule has 0 atom stereocenters. The van der Waals surface area contributed by atoms with Gasteiger partial charge in [-0.25, -0.2) is 0 Å². The maximum atomic E-state index is 11.0. The van der Waals surface area contributed by atoms with Gasteiger partial charge in [0.2, 0.25) is 0 Å². The van der Waals surface area contributed by atoms with E-state index >= 15 is 0 Å². The Balaban J connectivity index is 2.15. The summed E-state index contributed by atoms with van der Waals surface area (Å²) in [5, 5.41) is 0. The number of carbonyl (C=O) groups excluding carboxylic acids is 2. The molecule has 0 unspecified atom stereocenters. The molecule has 0 spiro atoms. The van der Waals surface area contributed by atoms with Crippen LogP contribution >= 0.6 is 0 Å². The monoisotopic (exact) mass is 326 g/mol. The molecule has 124 valence electrons. The molecule has 2 aromatic rings. The molecule has 0 aliphatic heterocycles. The van der Waals surface area contributed by atoms with Crippen molar-refractivity contribution in [3.05, 3.63) is 53.6 Å². The predicted octanol–water partition coefficient (Wildman–Crippen LogP) is 3.72. The fourth-order valence-electron chi connectivity index (χ4n) is 2.06. The lowest BCUT2D eigenvalue weighted by atomic mass is 10.1. The van der Waals surface area contributed by atoms with E-state index in [2.05, 4.69) is 0 Å². The Bertz CT molecular complexity index is 760. The zero-order valence-corrected chi connectivity index (χ0v) is 13.7. The summed E-state index contributed by atoms with van der Waals surface area (Å²) in [6.45, 7) is 2.71. The second-order valence-corrected chi connectivity index (χ2v) is 4.99. The standard InChI is InChI=1S/C19H18O5/c1-13(20)23-17-9-5-15(6-10-17)4-7-16-8-11-18(24-14(2)21)12-19(16)22-3/h4-12H,1-3H3/b7-4+. The largest absolute Gasteiger partial charge is 0.496 e. The zero-order valence-electron chi connectivity index (χ0n) is 13.7. The highest BCUT2D eigenvalue weighted by Crippen LogP contribution is 2.26. The molecule has 0 aromatic heterocycles. The van der Waals surface area contributed by atoms with E-state index in [4.69, 9.17) is 14.2 Å². The van der Waals surface area contributed by atoms with Gasteiger partial charge in [0.1, 0.15) is 17.2 Å². The first-order chi connectivity index (χ1) is 11.5. The molecule has 0 bridgehead atoms. The van der Waals surface area contributed by atoms with Crippen molar-refractivity contribution in [1.82, 2.24) is 0 Å². The number of methoxy groups -OCH3 is 1. The SMILES string of the molecule is COc1cc(OC(C)=O)ccc1/C=C/c1ccc(OC(C)=O)cc1. The summed E-state index contributed by atoms with van der Waals surface area (Å²) in [5.41, 5.74) is 1.79. The Kier molecular flexibility index (Phi) is 5.73. The van der Waals surface area contributed by atoms with Gasteiger partial charge in [-0.3, -0.25) is 9.59 Å². The molecule has 24 heavy (non-hydrogen) atoms. The van der Waals surface area contributed by atoms with Crippen molar-refractivity contribution in [3.63, 3.8) is 0 Å². The average Bonchev–Trinajstić information content (AvgIpc) is 2.53. The molecule has 0 fully saturated rings. The Morgan fingerprint density at radius 1 is 0.833 bits per heavy atom. The van der Waals surface area contributed by atoms with Crippen molar-refractivity contribution in [1.29, 1.82) is 0 Å². The highest BCUT2D eigenvalue weighted by Gasteiger charge is 2.05. The van der Waals surface area contributed by atoms with E-state index in [0.29, 0.717) is 17.2 Å². The van der Waals surface area contributed by atoms with Gasteiger partial charge in [0, 0.05) is 25.5 Å². The number of esters is 2. The number of hydrogen-bond acceptors (Lipinski definition) is 5. The topological polar surface area (TPSA) is 61.8 Å². The molecule has 0 amide bonds. The smallest absolute Gasteiger partial charge is 0.308 e. The summed E-state index contributed by atoms with van der Waals surface area (Å²) >= 11 is 0. The highest BCUT2D eigenvalue weighted by atomic mass is 16.5. The molecule has 0 saturated heterocycles. The van der Waals surface area contributed by atoms with Crippen molar-refractivity contribution in [3.8, 4) is 17.2 Å². The minimum Gasteiger partial charge on any atom is -0.496 e. The molecule has 2 rings (SSSR count). The molecule has 0 heterocycles. The van der Waals surface area contributed by atoms with E-state index in [0.717, 1.165) is 11.1 Å². The van der Waals surface area contributed by atoms with E-state index in [-0.39, 0.29) is 11.9 Å². The molecule has 5 heteroatoms. The Morgan fingerprint density at radius 2 is 1.42 bits per heavy atom. The van der Waals surface area contributed by atoms with Crippen LogP contribution in [0.15, 0.2) is 42.5 Å². The molecule has 0 radical (unpaired) electrons. The molecule has 0 aliphatic carbocycles. The Hall–Kier alpha value is -3.08. The minimum atomic E-state index is -0.381. The first kappa shape index (κ1) is 17.3. The lowest BCUT2D eigenvalue weighted by Crippen LogP contribution is -2.01. The molecule has 0 aliphatic rings. The van der Waals surface area contributed by atoms with Crippen LogP contribution in [0.4, 0.5) is 0 Å². The predicted molar refractivity (Wildman–Crippen MR) is 91.0 cm³/mol. The number of ether oxygens (including phenoxy) is 3. The van der Waals surface area contributed by atoms with Crippen LogP contribution in [0.5, 0.6) is 17.2 Å². The van der Waals surface area contributed by atoms with Crippen LogP contribution in [0, 0.1) is 0 Å². The zero-order chi connectivity index (χ0) is 17.5. The van der Waals surface area contributed by atoms with Gasteiger partial charge >= 0.3 is 11.9 Å². The van der Waals surface area contributed by atoms with E-state index in [9.17, 15) is 9.59 Å². The number of hydrogen-bond donors (Lipinski definition) is 0. The van der Waals surface area contributed by atoms with Crippen LogP contribution in [0.1, 0.15) is 25.0 Å². The van der Waals surface area contributed by atoms with Gasteiger partial charge in [-0.2, -0.15) is 0 Å². The molecular weight excluding hydrogens is 308 g/mol. The Morgan fingerprint density at radius 3 is 2.00 bits per heavy atom. The summed E-state index contributed by atoms with van der Waals surface area (Å²) < 4.78 is 15.3. The van der Waals surface area contributed by atoms with Gasteiger partial charge in [-0.1, -0.05) is 24.3 Å². The third-order valence-corrected chi connectivity index (χ3v) is 3.06. The first-order valence-electron chi connectivity index (χ1n) is 7.31. The van der Waals surface area contributed by atoms with Crippen LogP contribution in [-0.4, -0.2) is 19.0 Å².